The highest BCUT2D eigenvalue weighted by Gasteiger charge is 2.32. The second-order valence-corrected chi connectivity index (χ2v) is 10.0. The molecule has 36 heavy (non-hydrogen) atoms. The number of aryl methyl sites for hydroxylation is 1. The number of halogens is 1. The van der Waals surface area contributed by atoms with E-state index in [2.05, 4.69) is 10.4 Å². The Morgan fingerprint density at radius 2 is 1.75 bits per heavy atom. The van der Waals surface area contributed by atoms with Crippen molar-refractivity contribution >= 4 is 17.7 Å². The molecule has 1 aliphatic rings. The average Bonchev–Trinajstić information content (AvgIpc) is 3.29. The van der Waals surface area contributed by atoms with E-state index >= 15 is 0 Å². The molecular weight excluding hydrogens is 459 g/mol. The molecule has 1 aliphatic heterocycles. The van der Waals surface area contributed by atoms with Gasteiger partial charge in [-0.25, -0.2) is 13.9 Å². The van der Waals surface area contributed by atoms with Gasteiger partial charge in [0.2, 0.25) is 0 Å². The zero-order valence-electron chi connectivity index (χ0n) is 21.3. The molecule has 0 unspecified atom stereocenters. The number of amides is 2. The first-order chi connectivity index (χ1) is 17.2. The molecule has 2 heterocycles. The summed E-state index contributed by atoms with van der Waals surface area (Å²) in [6, 6.07) is 13.8. The number of rotatable bonds is 5. The Hall–Kier alpha value is -3.68. The van der Waals surface area contributed by atoms with Crippen LogP contribution in [0.15, 0.2) is 54.7 Å². The zero-order chi connectivity index (χ0) is 25.9. The van der Waals surface area contributed by atoms with E-state index in [4.69, 9.17) is 4.74 Å². The Bertz CT molecular complexity index is 1220. The first-order valence-electron chi connectivity index (χ1n) is 12.4. The van der Waals surface area contributed by atoms with Crippen LogP contribution in [0.3, 0.4) is 0 Å². The first kappa shape index (κ1) is 25.4. The quantitative estimate of drug-likeness (QED) is 0.478. The lowest BCUT2D eigenvalue weighted by molar-refractivity contribution is 0.0203. The van der Waals surface area contributed by atoms with Crippen LogP contribution in [0.25, 0.3) is 5.69 Å². The Kier molecular flexibility index (Phi) is 7.43. The predicted molar refractivity (Wildman–Crippen MR) is 137 cm³/mol. The first-order valence-corrected chi connectivity index (χ1v) is 12.4. The third-order valence-electron chi connectivity index (χ3n) is 6.30. The van der Waals surface area contributed by atoms with Crippen LogP contribution in [-0.4, -0.2) is 45.4 Å². The highest BCUT2D eigenvalue weighted by atomic mass is 19.1. The molecule has 1 N–H and O–H groups in total. The Labute approximate surface area is 211 Å². The van der Waals surface area contributed by atoms with Gasteiger partial charge < -0.3 is 15.0 Å². The van der Waals surface area contributed by atoms with Crippen LogP contribution < -0.4 is 5.32 Å². The SMILES string of the molecule is CCc1ccccc1NC(=O)c1cnn(-c2ccc(F)cc2)c1C1CCN(C(=O)OC(C)(C)C)CC1. The van der Waals surface area contributed by atoms with Crippen molar-refractivity contribution in [3.8, 4) is 5.69 Å². The van der Waals surface area contributed by atoms with Gasteiger partial charge >= 0.3 is 6.09 Å². The Balaban J connectivity index is 1.62. The van der Waals surface area contributed by atoms with E-state index in [1.54, 1.807) is 27.9 Å². The molecule has 4 rings (SSSR count). The van der Waals surface area contributed by atoms with Gasteiger partial charge in [0, 0.05) is 24.7 Å². The van der Waals surface area contributed by atoms with Crippen LogP contribution >= 0.6 is 0 Å². The largest absolute Gasteiger partial charge is 0.444 e. The van der Waals surface area contributed by atoms with Gasteiger partial charge in [-0.05, 0) is 75.9 Å². The molecule has 2 amide bonds. The fourth-order valence-electron chi connectivity index (χ4n) is 4.52. The van der Waals surface area contributed by atoms with E-state index in [9.17, 15) is 14.0 Å². The molecule has 7 nitrogen and oxygen atoms in total. The predicted octanol–water partition coefficient (Wildman–Crippen LogP) is 5.94. The number of ether oxygens (including phenoxy) is 1. The van der Waals surface area contributed by atoms with E-state index in [1.165, 1.54) is 12.1 Å². The molecule has 0 spiro atoms. The number of carbonyl (C=O) groups is 2. The van der Waals surface area contributed by atoms with Crippen molar-refractivity contribution in [3.05, 3.63) is 77.4 Å². The van der Waals surface area contributed by atoms with E-state index < -0.39 is 5.60 Å². The molecule has 1 aromatic heterocycles. The van der Waals surface area contributed by atoms with Gasteiger partial charge in [0.25, 0.3) is 5.91 Å². The van der Waals surface area contributed by atoms with Crippen molar-refractivity contribution in [3.63, 3.8) is 0 Å². The lowest BCUT2D eigenvalue weighted by atomic mass is 9.90. The van der Waals surface area contributed by atoms with Crippen LogP contribution in [0.1, 0.15) is 68.1 Å². The number of nitrogens with one attached hydrogen (secondary N) is 1. The van der Waals surface area contributed by atoms with Crippen LogP contribution in [0, 0.1) is 5.82 Å². The second-order valence-electron chi connectivity index (χ2n) is 10.0. The van der Waals surface area contributed by atoms with Gasteiger partial charge in [-0.3, -0.25) is 4.79 Å². The molecule has 0 bridgehead atoms. The van der Waals surface area contributed by atoms with Crippen molar-refractivity contribution in [2.45, 2.75) is 58.5 Å². The maximum absolute atomic E-state index is 13.6. The fraction of sp³-hybridized carbons (Fsp3) is 0.393. The molecule has 190 valence electrons. The molecule has 0 saturated carbocycles. The topological polar surface area (TPSA) is 76.5 Å². The van der Waals surface area contributed by atoms with Crippen LogP contribution in [-0.2, 0) is 11.2 Å². The summed E-state index contributed by atoms with van der Waals surface area (Å²) in [5.41, 5.74) is 3.16. The van der Waals surface area contributed by atoms with Crippen LogP contribution in [0.2, 0.25) is 0 Å². The molecular formula is C28H33FN4O3. The van der Waals surface area contributed by atoms with Gasteiger partial charge in [0.1, 0.15) is 11.4 Å². The van der Waals surface area contributed by atoms with Gasteiger partial charge in [0.05, 0.1) is 23.1 Å². The zero-order valence-corrected chi connectivity index (χ0v) is 21.3. The Morgan fingerprint density at radius 3 is 2.39 bits per heavy atom. The van der Waals surface area contributed by atoms with Gasteiger partial charge in [-0.2, -0.15) is 5.10 Å². The molecule has 1 fully saturated rings. The highest BCUT2D eigenvalue weighted by Crippen LogP contribution is 2.33. The summed E-state index contributed by atoms with van der Waals surface area (Å²) in [5, 5.41) is 7.57. The van der Waals surface area contributed by atoms with E-state index in [-0.39, 0.29) is 23.7 Å². The molecule has 0 radical (unpaired) electrons. The highest BCUT2D eigenvalue weighted by molar-refractivity contribution is 6.05. The standard InChI is InChI=1S/C28H33FN4O3/c1-5-19-8-6-7-9-24(19)31-26(34)23-18-30-33(22-12-10-21(29)11-13-22)25(23)20-14-16-32(17-15-20)27(35)36-28(2,3)4/h6-13,18,20H,5,14-17H2,1-4H3,(H,31,34). The lowest BCUT2D eigenvalue weighted by Gasteiger charge is -2.34. The molecule has 0 aliphatic carbocycles. The minimum atomic E-state index is -0.560. The molecule has 3 aromatic rings. The van der Waals surface area contributed by atoms with Crippen molar-refractivity contribution in [1.29, 1.82) is 0 Å². The molecule has 2 aromatic carbocycles. The summed E-state index contributed by atoms with van der Waals surface area (Å²) in [6.07, 6.45) is 3.34. The number of nitrogens with zero attached hydrogens (tertiary/aromatic N) is 3. The number of benzene rings is 2. The minimum absolute atomic E-state index is 0.0154. The average molecular weight is 493 g/mol. The summed E-state index contributed by atoms with van der Waals surface area (Å²) in [6.45, 7) is 8.60. The van der Waals surface area contributed by atoms with Crippen molar-refractivity contribution in [1.82, 2.24) is 14.7 Å². The van der Waals surface area contributed by atoms with E-state index in [1.807, 2.05) is 52.0 Å². The summed E-state index contributed by atoms with van der Waals surface area (Å²) in [4.78, 5) is 27.7. The number of carbonyl (C=O) groups excluding carboxylic acids is 2. The number of hydrogen-bond acceptors (Lipinski definition) is 4. The number of likely N-dealkylation sites (tertiary alicyclic amines) is 1. The van der Waals surface area contributed by atoms with Gasteiger partial charge in [-0.1, -0.05) is 25.1 Å². The fourth-order valence-corrected chi connectivity index (χ4v) is 4.52. The smallest absolute Gasteiger partial charge is 0.410 e. The van der Waals surface area contributed by atoms with Crippen molar-refractivity contribution < 1.29 is 18.7 Å². The second kappa shape index (κ2) is 10.5. The van der Waals surface area contributed by atoms with E-state index in [0.717, 1.165) is 23.4 Å². The molecule has 8 heteroatoms. The number of anilines is 1. The summed E-state index contributed by atoms with van der Waals surface area (Å²) < 4.78 is 20.8. The summed E-state index contributed by atoms with van der Waals surface area (Å²) >= 11 is 0. The van der Waals surface area contributed by atoms with E-state index in [0.29, 0.717) is 37.2 Å². The minimum Gasteiger partial charge on any atom is -0.444 e. The van der Waals surface area contributed by atoms with Crippen molar-refractivity contribution in [2.75, 3.05) is 18.4 Å². The summed E-state index contributed by atoms with van der Waals surface area (Å²) in [5.74, 6) is -0.598. The van der Waals surface area contributed by atoms with Gasteiger partial charge in [-0.15, -0.1) is 0 Å². The number of para-hydroxylation sites is 1. The third kappa shape index (κ3) is 5.75. The maximum Gasteiger partial charge on any atom is 0.410 e. The Morgan fingerprint density at radius 1 is 1.08 bits per heavy atom. The molecule has 1 saturated heterocycles. The lowest BCUT2D eigenvalue weighted by Crippen LogP contribution is -2.41. The maximum atomic E-state index is 13.6. The number of hydrogen-bond donors (Lipinski definition) is 1. The summed E-state index contributed by atoms with van der Waals surface area (Å²) in [7, 11) is 0. The third-order valence-corrected chi connectivity index (χ3v) is 6.30. The van der Waals surface area contributed by atoms with Crippen molar-refractivity contribution in [2.24, 2.45) is 0 Å². The van der Waals surface area contributed by atoms with Crippen LogP contribution in [0.5, 0.6) is 0 Å². The monoisotopic (exact) mass is 492 g/mol. The number of piperidine rings is 1. The molecule has 0 atom stereocenters. The number of aromatic nitrogens is 2. The normalized spacial score (nSPS) is 14.5. The van der Waals surface area contributed by atoms with Gasteiger partial charge in [0.15, 0.2) is 0 Å². The van der Waals surface area contributed by atoms with Crippen LogP contribution in [0.4, 0.5) is 14.9 Å².